The highest BCUT2D eigenvalue weighted by Crippen LogP contribution is 2.11. The number of hydrogen-bond acceptors (Lipinski definition) is 3. The van der Waals surface area contributed by atoms with Crippen LogP contribution in [-0.2, 0) is 4.79 Å². The summed E-state index contributed by atoms with van der Waals surface area (Å²) in [5.74, 6) is -0.0843. The number of hydrogen-bond donors (Lipinski definition) is 2. The van der Waals surface area contributed by atoms with Crippen molar-refractivity contribution in [3.05, 3.63) is 29.8 Å². The van der Waals surface area contributed by atoms with Crippen molar-refractivity contribution in [3.63, 3.8) is 0 Å². The molecule has 0 saturated carbocycles. The van der Waals surface area contributed by atoms with E-state index in [0.717, 1.165) is 12.8 Å². The van der Waals surface area contributed by atoms with E-state index in [4.69, 9.17) is 10.5 Å². The molecule has 0 spiro atoms. The summed E-state index contributed by atoms with van der Waals surface area (Å²) in [5, 5.41) is 2.92. The highest BCUT2D eigenvalue weighted by Gasteiger charge is 2.08. The van der Waals surface area contributed by atoms with E-state index < -0.39 is 5.91 Å². The largest absolute Gasteiger partial charge is 0.484 e. The maximum absolute atomic E-state index is 11.8. The monoisotopic (exact) mass is 306 g/mol. The average Bonchev–Trinajstić information content (AvgIpc) is 2.50. The predicted molar refractivity (Wildman–Crippen MR) is 86.8 cm³/mol. The van der Waals surface area contributed by atoms with Gasteiger partial charge in [0, 0.05) is 11.6 Å². The van der Waals surface area contributed by atoms with Crippen molar-refractivity contribution in [2.75, 3.05) is 6.61 Å². The smallest absolute Gasteiger partial charge is 0.258 e. The Hall–Kier alpha value is -2.04. The molecule has 2 amide bonds. The minimum absolute atomic E-state index is 0.0325. The third-order valence-electron chi connectivity index (χ3n) is 3.41. The lowest BCUT2D eigenvalue weighted by molar-refractivity contribution is -0.123. The van der Waals surface area contributed by atoms with Crippen molar-refractivity contribution < 1.29 is 14.3 Å². The van der Waals surface area contributed by atoms with Crippen LogP contribution in [0.2, 0.25) is 0 Å². The van der Waals surface area contributed by atoms with Gasteiger partial charge in [-0.25, -0.2) is 0 Å². The molecule has 122 valence electrons. The van der Waals surface area contributed by atoms with Crippen LogP contribution in [0.4, 0.5) is 0 Å². The van der Waals surface area contributed by atoms with Gasteiger partial charge in [0.15, 0.2) is 6.61 Å². The molecule has 0 heterocycles. The van der Waals surface area contributed by atoms with E-state index in [1.807, 2.05) is 6.92 Å². The molecular weight excluding hydrogens is 280 g/mol. The van der Waals surface area contributed by atoms with Gasteiger partial charge in [-0.1, -0.05) is 32.6 Å². The Balaban J connectivity index is 2.26. The SMILES string of the molecule is CCCCCC[C@H](C)NC(=O)COc1ccc(C(N)=O)cc1. The molecular formula is C17H26N2O3. The first-order valence-corrected chi connectivity index (χ1v) is 7.85. The number of nitrogens with one attached hydrogen (secondary N) is 1. The van der Waals surface area contributed by atoms with Crippen LogP contribution >= 0.6 is 0 Å². The lowest BCUT2D eigenvalue weighted by Crippen LogP contribution is -2.36. The quantitative estimate of drug-likeness (QED) is 0.652. The summed E-state index contributed by atoms with van der Waals surface area (Å²) in [5.41, 5.74) is 5.57. The molecule has 5 heteroatoms. The topological polar surface area (TPSA) is 81.4 Å². The van der Waals surface area contributed by atoms with Gasteiger partial charge < -0.3 is 15.8 Å². The van der Waals surface area contributed by atoms with Gasteiger partial charge in [-0.2, -0.15) is 0 Å². The van der Waals surface area contributed by atoms with E-state index in [0.29, 0.717) is 11.3 Å². The molecule has 0 radical (unpaired) electrons. The molecule has 0 bridgehead atoms. The Labute approximate surface area is 132 Å². The van der Waals surface area contributed by atoms with Gasteiger partial charge in [-0.05, 0) is 37.6 Å². The van der Waals surface area contributed by atoms with Crippen LogP contribution in [0.5, 0.6) is 5.75 Å². The van der Waals surface area contributed by atoms with Crippen molar-refractivity contribution in [2.24, 2.45) is 5.73 Å². The maximum atomic E-state index is 11.8. The summed E-state index contributed by atoms with van der Waals surface area (Å²) < 4.78 is 5.38. The second-order valence-electron chi connectivity index (χ2n) is 5.50. The Kier molecular flexibility index (Phi) is 8.04. The fraction of sp³-hybridized carbons (Fsp3) is 0.529. The molecule has 1 rings (SSSR count). The standard InChI is InChI=1S/C17H26N2O3/c1-3-4-5-6-7-13(2)19-16(20)12-22-15-10-8-14(9-11-15)17(18)21/h8-11,13H,3-7,12H2,1-2H3,(H2,18,21)(H,19,20)/t13-/m0/s1. The molecule has 3 N–H and O–H groups in total. The molecule has 0 unspecified atom stereocenters. The highest BCUT2D eigenvalue weighted by atomic mass is 16.5. The van der Waals surface area contributed by atoms with E-state index in [9.17, 15) is 9.59 Å². The zero-order valence-corrected chi connectivity index (χ0v) is 13.4. The summed E-state index contributed by atoms with van der Waals surface area (Å²) in [7, 11) is 0. The fourth-order valence-corrected chi connectivity index (χ4v) is 2.13. The lowest BCUT2D eigenvalue weighted by Gasteiger charge is -2.14. The van der Waals surface area contributed by atoms with Gasteiger partial charge >= 0.3 is 0 Å². The Morgan fingerprint density at radius 3 is 2.45 bits per heavy atom. The molecule has 22 heavy (non-hydrogen) atoms. The minimum Gasteiger partial charge on any atom is -0.484 e. The van der Waals surface area contributed by atoms with E-state index in [1.165, 1.54) is 19.3 Å². The van der Waals surface area contributed by atoms with Gasteiger partial charge in [-0.3, -0.25) is 9.59 Å². The zero-order chi connectivity index (χ0) is 16.4. The van der Waals surface area contributed by atoms with Crippen LogP contribution in [-0.4, -0.2) is 24.5 Å². The van der Waals surface area contributed by atoms with Gasteiger partial charge in [0.2, 0.25) is 5.91 Å². The van der Waals surface area contributed by atoms with E-state index in [1.54, 1.807) is 24.3 Å². The third-order valence-corrected chi connectivity index (χ3v) is 3.41. The molecule has 5 nitrogen and oxygen atoms in total. The number of nitrogens with two attached hydrogens (primary N) is 1. The minimum atomic E-state index is -0.485. The van der Waals surface area contributed by atoms with Crippen LogP contribution in [0.3, 0.4) is 0 Å². The van der Waals surface area contributed by atoms with Crippen molar-refractivity contribution in [1.29, 1.82) is 0 Å². The lowest BCUT2D eigenvalue weighted by atomic mass is 10.1. The van der Waals surface area contributed by atoms with Gasteiger partial charge in [0.05, 0.1) is 0 Å². The van der Waals surface area contributed by atoms with Gasteiger partial charge in [-0.15, -0.1) is 0 Å². The molecule has 0 aliphatic heterocycles. The maximum Gasteiger partial charge on any atom is 0.258 e. The Bertz CT molecular complexity index is 471. The van der Waals surface area contributed by atoms with Gasteiger partial charge in [0.25, 0.3) is 5.91 Å². The molecule has 0 saturated heterocycles. The van der Waals surface area contributed by atoms with Crippen LogP contribution in [0.15, 0.2) is 24.3 Å². The summed E-state index contributed by atoms with van der Waals surface area (Å²) in [6.45, 7) is 4.15. The average molecular weight is 306 g/mol. The third kappa shape index (κ3) is 7.11. The first-order valence-electron chi connectivity index (χ1n) is 7.85. The van der Waals surface area contributed by atoms with E-state index in [2.05, 4.69) is 12.2 Å². The number of carbonyl (C=O) groups excluding carboxylic acids is 2. The first kappa shape index (κ1) is 18.0. The number of unbranched alkanes of at least 4 members (excludes halogenated alkanes) is 3. The predicted octanol–water partition coefficient (Wildman–Crippen LogP) is 2.64. The van der Waals surface area contributed by atoms with Crippen LogP contribution < -0.4 is 15.8 Å². The summed E-state index contributed by atoms with van der Waals surface area (Å²) in [6, 6.07) is 6.56. The summed E-state index contributed by atoms with van der Waals surface area (Å²) in [6.07, 6.45) is 5.78. The fourth-order valence-electron chi connectivity index (χ4n) is 2.13. The van der Waals surface area contributed by atoms with E-state index >= 15 is 0 Å². The Morgan fingerprint density at radius 1 is 1.18 bits per heavy atom. The second-order valence-corrected chi connectivity index (χ2v) is 5.50. The Morgan fingerprint density at radius 2 is 1.86 bits per heavy atom. The van der Waals surface area contributed by atoms with Crippen molar-refractivity contribution in [1.82, 2.24) is 5.32 Å². The highest BCUT2D eigenvalue weighted by molar-refractivity contribution is 5.92. The summed E-state index contributed by atoms with van der Waals surface area (Å²) in [4.78, 5) is 22.7. The number of benzene rings is 1. The number of rotatable bonds is 10. The van der Waals surface area contributed by atoms with Crippen LogP contribution in [0.1, 0.15) is 56.3 Å². The van der Waals surface area contributed by atoms with Crippen molar-refractivity contribution in [2.45, 2.75) is 52.0 Å². The second kappa shape index (κ2) is 9.82. The molecule has 1 atom stereocenters. The number of amides is 2. The van der Waals surface area contributed by atoms with Crippen molar-refractivity contribution >= 4 is 11.8 Å². The number of primary amides is 1. The zero-order valence-electron chi connectivity index (χ0n) is 13.4. The van der Waals surface area contributed by atoms with Crippen LogP contribution in [0, 0.1) is 0 Å². The summed E-state index contributed by atoms with van der Waals surface area (Å²) >= 11 is 0. The normalized spacial score (nSPS) is 11.7. The van der Waals surface area contributed by atoms with Crippen molar-refractivity contribution in [3.8, 4) is 5.75 Å². The van der Waals surface area contributed by atoms with E-state index in [-0.39, 0.29) is 18.6 Å². The molecule has 0 fully saturated rings. The van der Waals surface area contributed by atoms with Gasteiger partial charge in [0.1, 0.15) is 5.75 Å². The molecule has 1 aromatic rings. The number of carbonyl (C=O) groups is 2. The molecule has 0 aliphatic carbocycles. The first-order chi connectivity index (χ1) is 10.5. The molecule has 1 aromatic carbocycles. The number of ether oxygens (including phenoxy) is 1. The molecule has 0 aliphatic rings. The van der Waals surface area contributed by atoms with Crippen LogP contribution in [0.25, 0.3) is 0 Å². The molecule has 0 aromatic heterocycles.